The van der Waals surface area contributed by atoms with E-state index in [1.165, 1.54) is 44.9 Å². The highest BCUT2D eigenvalue weighted by Crippen LogP contribution is 2.26. The zero-order chi connectivity index (χ0) is 19.4. The van der Waals surface area contributed by atoms with Crippen molar-refractivity contribution in [1.82, 2.24) is 0 Å². The van der Waals surface area contributed by atoms with Gasteiger partial charge in [0.15, 0.2) is 16.6 Å². The zero-order valence-electron chi connectivity index (χ0n) is 17.7. The van der Waals surface area contributed by atoms with Crippen molar-refractivity contribution < 1.29 is 13.0 Å². The second-order valence-corrected chi connectivity index (χ2v) is 22.0. The molecular formula is C18H41NO3Si3. The van der Waals surface area contributed by atoms with Crippen LogP contribution in [0.25, 0.3) is 0 Å². The Balaban J connectivity index is 3.97. The summed E-state index contributed by atoms with van der Waals surface area (Å²) in [6.07, 6.45) is 11.4. The highest BCUT2D eigenvalue weighted by atomic mass is 28.5. The smallest absolute Gasteiger partial charge is 0.314 e. The lowest BCUT2D eigenvalue weighted by atomic mass is 10.1. The lowest BCUT2D eigenvalue weighted by Gasteiger charge is -2.38. The molecule has 0 aliphatic rings. The van der Waals surface area contributed by atoms with Gasteiger partial charge in [0.05, 0.1) is 6.54 Å². The van der Waals surface area contributed by atoms with Crippen LogP contribution in [-0.2, 0) is 13.0 Å². The van der Waals surface area contributed by atoms with Gasteiger partial charge in [0.25, 0.3) is 0 Å². The van der Waals surface area contributed by atoms with Gasteiger partial charge in [-0.15, -0.1) is 0 Å². The molecule has 0 radical (unpaired) electrons. The largest absolute Gasteiger partial charge is 0.437 e. The van der Waals surface area contributed by atoms with Crippen LogP contribution >= 0.6 is 0 Å². The molecule has 0 rings (SSSR count). The summed E-state index contributed by atoms with van der Waals surface area (Å²) in [5.74, 6) is 0. The first-order chi connectivity index (χ1) is 11.5. The van der Waals surface area contributed by atoms with Gasteiger partial charge in [-0.2, -0.15) is 0 Å². The van der Waals surface area contributed by atoms with Crippen molar-refractivity contribution in [3.8, 4) is 0 Å². The summed E-state index contributed by atoms with van der Waals surface area (Å²) in [5.41, 5.74) is 0. The van der Waals surface area contributed by atoms with Crippen LogP contribution in [0, 0.1) is 0 Å². The summed E-state index contributed by atoms with van der Waals surface area (Å²) in [7, 11) is -5.16. The van der Waals surface area contributed by atoms with Crippen molar-refractivity contribution in [2.45, 2.75) is 103 Å². The van der Waals surface area contributed by atoms with E-state index in [4.69, 9.17) is 8.23 Å². The van der Waals surface area contributed by atoms with E-state index in [1.54, 1.807) is 6.08 Å². The van der Waals surface area contributed by atoms with Gasteiger partial charge in [-0.25, -0.2) is 9.79 Å². The van der Waals surface area contributed by atoms with Gasteiger partial charge in [-0.05, 0) is 58.3 Å². The van der Waals surface area contributed by atoms with E-state index in [2.05, 4.69) is 50.8 Å². The number of isocyanates is 1. The van der Waals surface area contributed by atoms with Crippen molar-refractivity contribution in [3.05, 3.63) is 0 Å². The highest BCUT2D eigenvalue weighted by Gasteiger charge is 2.39. The Hall–Kier alpha value is -0.0494. The molecule has 25 heavy (non-hydrogen) atoms. The first-order valence-electron chi connectivity index (χ1n) is 9.91. The van der Waals surface area contributed by atoms with Crippen molar-refractivity contribution in [1.29, 1.82) is 0 Å². The van der Waals surface area contributed by atoms with Gasteiger partial charge in [0.2, 0.25) is 6.08 Å². The Bertz CT molecular complexity index is 383. The number of hydrogen-bond donors (Lipinski definition) is 0. The molecule has 148 valence electrons. The van der Waals surface area contributed by atoms with Gasteiger partial charge in [0.1, 0.15) is 0 Å². The van der Waals surface area contributed by atoms with Gasteiger partial charge in [-0.3, -0.25) is 0 Å². The lowest BCUT2D eigenvalue weighted by Crippen LogP contribution is -2.52. The third-order valence-corrected chi connectivity index (χ3v) is 13.4. The first-order valence-corrected chi connectivity index (χ1v) is 19.3. The van der Waals surface area contributed by atoms with Gasteiger partial charge in [0, 0.05) is 0 Å². The Labute approximate surface area is 159 Å². The molecule has 0 aromatic heterocycles. The minimum absolute atomic E-state index is 0.640. The number of nitrogens with zero attached hydrogens (tertiary/aromatic N) is 1. The third-order valence-electron chi connectivity index (χ3n) is 3.76. The molecule has 0 bridgehead atoms. The van der Waals surface area contributed by atoms with E-state index in [1.807, 2.05) is 0 Å². The van der Waals surface area contributed by atoms with Crippen LogP contribution in [0.15, 0.2) is 4.99 Å². The summed E-state index contributed by atoms with van der Waals surface area (Å²) in [4.78, 5) is 13.5. The average molecular weight is 404 g/mol. The average Bonchev–Trinajstić information content (AvgIpc) is 2.40. The molecule has 0 saturated carbocycles. The summed E-state index contributed by atoms with van der Waals surface area (Å²) >= 11 is 0. The third kappa shape index (κ3) is 17.1. The van der Waals surface area contributed by atoms with E-state index in [0.717, 1.165) is 12.5 Å². The predicted molar refractivity (Wildman–Crippen MR) is 115 cm³/mol. The highest BCUT2D eigenvalue weighted by molar-refractivity contribution is 6.87. The van der Waals surface area contributed by atoms with Crippen LogP contribution in [0.5, 0.6) is 0 Å². The molecule has 0 aromatic rings. The molecule has 0 fully saturated rings. The molecule has 0 aromatic carbocycles. The maximum atomic E-state index is 9.96. The fraction of sp³-hybridized carbons (Fsp3) is 0.944. The predicted octanol–water partition coefficient (Wildman–Crippen LogP) is 6.22. The van der Waals surface area contributed by atoms with Crippen molar-refractivity contribution in [2.24, 2.45) is 4.99 Å². The SMILES string of the molecule is C[Si](C)(C)O[Si](C)(CCCCCCCCCCN=C=O)O[Si](C)(C)C. The Morgan fingerprint density at radius 1 is 0.680 bits per heavy atom. The molecule has 7 heteroatoms. The number of hydrogen-bond acceptors (Lipinski definition) is 4. The molecule has 0 aliphatic carbocycles. The molecule has 0 saturated heterocycles. The Morgan fingerprint density at radius 2 is 1.08 bits per heavy atom. The van der Waals surface area contributed by atoms with Gasteiger partial charge >= 0.3 is 8.56 Å². The lowest BCUT2D eigenvalue weighted by molar-refractivity contribution is 0.380. The second-order valence-electron chi connectivity index (χ2n) is 9.11. The van der Waals surface area contributed by atoms with Crippen LogP contribution in [0.3, 0.4) is 0 Å². The molecular weight excluding hydrogens is 362 g/mol. The molecule has 0 amide bonds. The second kappa shape index (κ2) is 12.4. The standard InChI is InChI=1S/C18H41NO3Si3/c1-23(2,3)21-25(7,22-24(4,5)6)17-15-13-11-9-8-10-12-14-16-19-18-20/h8-17H2,1-7H3. The van der Waals surface area contributed by atoms with E-state index in [-0.39, 0.29) is 0 Å². The molecule has 4 nitrogen and oxygen atoms in total. The minimum Gasteiger partial charge on any atom is -0.437 e. The number of unbranched alkanes of at least 4 members (excludes halogenated alkanes) is 7. The van der Waals surface area contributed by atoms with E-state index >= 15 is 0 Å². The Morgan fingerprint density at radius 3 is 1.48 bits per heavy atom. The summed E-state index contributed by atoms with van der Waals surface area (Å²) in [6.45, 7) is 16.5. The molecule has 0 spiro atoms. The summed E-state index contributed by atoms with van der Waals surface area (Å²) in [5, 5.41) is 0. The van der Waals surface area contributed by atoms with Gasteiger partial charge < -0.3 is 8.23 Å². The fourth-order valence-electron chi connectivity index (χ4n) is 3.16. The summed E-state index contributed by atoms with van der Waals surface area (Å²) < 4.78 is 13.1. The van der Waals surface area contributed by atoms with Crippen molar-refractivity contribution in [2.75, 3.05) is 6.54 Å². The van der Waals surface area contributed by atoms with Crippen LogP contribution in [0.1, 0.15) is 51.4 Å². The maximum absolute atomic E-state index is 9.96. The van der Waals surface area contributed by atoms with Crippen LogP contribution < -0.4 is 0 Å². The monoisotopic (exact) mass is 403 g/mol. The minimum atomic E-state index is -2.03. The van der Waals surface area contributed by atoms with Gasteiger partial charge in [-0.1, -0.05) is 44.9 Å². The number of rotatable bonds is 15. The van der Waals surface area contributed by atoms with Crippen LogP contribution in [0.4, 0.5) is 0 Å². The fourth-order valence-corrected chi connectivity index (χ4v) is 15.8. The molecule has 0 atom stereocenters. The van der Waals surface area contributed by atoms with Crippen molar-refractivity contribution >= 4 is 31.3 Å². The zero-order valence-corrected chi connectivity index (χ0v) is 20.7. The van der Waals surface area contributed by atoms with Crippen molar-refractivity contribution in [3.63, 3.8) is 0 Å². The number of carbonyl (C=O) groups excluding carboxylic acids is 1. The topological polar surface area (TPSA) is 47.9 Å². The molecule has 0 heterocycles. The quantitative estimate of drug-likeness (QED) is 0.141. The number of aliphatic imine (C=N–C) groups is 1. The maximum Gasteiger partial charge on any atom is 0.314 e. The molecule has 0 aliphatic heterocycles. The van der Waals surface area contributed by atoms with E-state index in [9.17, 15) is 4.79 Å². The van der Waals surface area contributed by atoms with Crippen LogP contribution in [-0.4, -0.2) is 37.8 Å². The first kappa shape index (κ1) is 25.0. The molecule has 0 N–H and O–H groups in total. The van der Waals surface area contributed by atoms with E-state index < -0.39 is 25.2 Å². The molecule has 0 unspecified atom stereocenters. The Kier molecular flexibility index (Phi) is 12.3. The van der Waals surface area contributed by atoms with Crippen LogP contribution in [0.2, 0.25) is 51.9 Å². The normalized spacial score (nSPS) is 12.9. The van der Waals surface area contributed by atoms with E-state index in [0.29, 0.717) is 6.54 Å². The summed E-state index contributed by atoms with van der Waals surface area (Å²) in [6, 6.07) is 1.13.